The molecule has 0 aliphatic rings. The normalized spacial score (nSPS) is 14.2. The van der Waals surface area contributed by atoms with Crippen LogP contribution in [0.1, 0.15) is 25.0 Å². The standard InChI is InChI=1S/C26H34N4O6S/c1-15(2)22(27)25(34)28-19(12-17-8-10-18(31)11-9-17)23(32)30-21(14-37)24(33)29-20(26(35)36)13-16-6-4-3-5-7-16/h3-11,15,19-22,31,37H,12-14,27H2,1-2H3,(H,28,34)(H,29,33)(H,30,32)(H,35,36). The van der Waals surface area contributed by atoms with Crippen LogP contribution in [-0.4, -0.2) is 63.8 Å². The highest BCUT2D eigenvalue weighted by atomic mass is 32.1. The van der Waals surface area contributed by atoms with Gasteiger partial charge < -0.3 is 31.9 Å². The van der Waals surface area contributed by atoms with E-state index in [9.17, 15) is 29.4 Å². The zero-order valence-electron chi connectivity index (χ0n) is 20.8. The molecular formula is C26H34N4O6S. The van der Waals surface area contributed by atoms with Gasteiger partial charge in [-0.1, -0.05) is 56.3 Å². The van der Waals surface area contributed by atoms with Crippen LogP contribution in [0.3, 0.4) is 0 Å². The largest absolute Gasteiger partial charge is 0.508 e. The van der Waals surface area contributed by atoms with Gasteiger partial charge in [-0.05, 0) is 29.2 Å². The second-order valence-electron chi connectivity index (χ2n) is 9.03. The fourth-order valence-electron chi connectivity index (χ4n) is 3.44. The van der Waals surface area contributed by atoms with E-state index in [-0.39, 0.29) is 30.3 Å². The summed E-state index contributed by atoms with van der Waals surface area (Å²) in [4.78, 5) is 50.4. The summed E-state index contributed by atoms with van der Waals surface area (Å²) in [6, 6.07) is 10.6. The number of nitrogens with one attached hydrogen (secondary N) is 3. The van der Waals surface area contributed by atoms with Gasteiger partial charge in [-0.25, -0.2) is 4.79 Å². The van der Waals surface area contributed by atoms with Gasteiger partial charge in [0.1, 0.15) is 23.9 Å². The van der Waals surface area contributed by atoms with Crippen molar-refractivity contribution < 1.29 is 29.4 Å². The van der Waals surface area contributed by atoms with Crippen molar-refractivity contribution in [3.05, 3.63) is 65.7 Å². The quantitative estimate of drug-likeness (QED) is 0.186. The number of amides is 3. The van der Waals surface area contributed by atoms with Gasteiger partial charge in [0.15, 0.2) is 0 Å². The van der Waals surface area contributed by atoms with Gasteiger partial charge >= 0.3 is 5.97 Å². The van der Waals surface area contributed by atoms with Crippen LogP contribution in [-0.2, 0) is 32.0 Å². The Morgan fingerprint density at radius 1 is 0.784 bits per heavy atom. The fraction of sp³-hybridized carbons (Fsp3) is 0.385. The molecule has 37 heavy (non-hydrogen) atoms. The maximum absolute atomic E-state index is 13.2. The first kappa shape index (κ1) is 29.7. The predicted molar refractivity (Wildman–Crippen MR) is 142 cm³/mol. The molecule has 0 aliphatic carbocycles. The van der Waals surface area contributed by atoms with Crippen LogP contribution < -0.4 is 21.7 Å². The van der Waals surface area contributed by atoms with Crippen LogP contribution in [0, 0.1) is 5.92 Å². The number of hydrogen-bond donors (Lipinski definition) is 7. The average Bonchev–Trinajstić information content (AvgIpc) is 2.87. The lowest BCUT2D eigenvalue weighted by Crippen LogP contribution is -2.58. The Kier molecular flexibility index (Phi) is 11.4. The monoisotopic (exact) mass is 530 g/mol. The van der Waals surface area contributed by atoms with Gasteiger partial charge in [0.2, 0.25) is 17.7 Å². The minimum Gasteiger partial charge on any atom is -0.508 e. The van der Waals surface area contributed by atoms with E-state index in [0.717, 1.165) is 5.56 Å². The van der Waals surface area contributed by atoms with Gasteiger partial charge in [0.25, 0.3) is 0 Å². The zero-order valence-corrected chi connectivity index (χ0v) is 21.7. The first-order valence-electron chi connectivity index (χ1n) is 11.8. The number of carbonyl (C=O) groups is 4. The third-order valence-electron chi connectivity index (χ3n) is 5.74. The predicted octanol–water partition coefficient (Wildman–Crippen LogP) is 0.630. The van der Waals surface area contributed by atoms with Crippen molar-refractivity contribution in [2.24, 2.45) is 11.7 Å². The van der Waals surface area contributed by atoms with Gasteiger partial charge in [-0.2, -0.15) is 12.6 Å². The van der Waals surface area contributed by atoms with E-state index in [4.69, 9.17) is 5.73 Å². The summed E-state index contributed by atoms with van der Waals surface area (Å²) < 4.78 is 0. The van der Waals surface area contributed by atoms with Crippen molar-refractivity contribution in [2.75, 3.05) is 5.75 Å². The third-order valence-corrected chi connectivity index (χ3v) is 6.11. The summed E-state index contributed by atoms with van der Waals surface area (Å²) in [5, 5.41) is 26.8. The van der Waals surface area contributed by atoms with Crippen LogP contribution in [0.15, 0.2) is 54.6 Å². The molecule has 0 saturated heterocycles. The Balaban J connectivity index is 2.15. The molecule has 7 N–H and O–H groups in total. The van der Waals surface area contributed by atoms with E-state index < -0.39 is 47.9 Å². The van der Waals surface area contributed by atoms with Crippen molar-refractivity contribution in [1.29, 1.82) is 0 Å². The minimum absolute atomic E-state index is 0.0471. The Morgan fingerprint density at radius 2 is 1.27 bits per heavy atom. The van der Waals surface area contributed by atoms with Crippen molar-refractivity contribution in [3.8, 4) is 5.75 Å². The zero-order chi connectivity index (χ0) is 27.5. The molecule has 2 aromatic rings. The summed E-state index contributed by atoms with van der Waals surface area (Å²) in [5.41, 5.74) is 7.31. The van der Waals surface area contributed by atoms with Gasteiger partial charge in [-0.3, -0.25) is 14.4 Å². The van der Waals surface area contributed by atoms with Gasteiger partial charge in [-0.15, -0.1) is 0 Å². The lowest BCUT2D eigenvalue weighted by molar-refractivity contribution is -0.142. The molecule has 3 amide bonds. The molecule has 0 aromatic heterocycles. The van der Waals surface area contributed by atoms with Crippen molar-refractivity contribution in [2.45, 2.75) is 50.9 Å². The van der Waals surface area contributed by atoms with Crippen molar-refractivity contribution in [3.63, 3.8) is 0 Å². The Hall–Kier alpha value is -3.57. The first-order valence-corrected chi connectivity index (χ1v) is 12.5. The molecule has 2 rings (SSSR count). The van der Waals surface area contributed by atoms with Crippen LogP contribution in [0.5, 0.6) is 5.75 Å². The molecule has 0 heterocycles. The number of hydrogen-bond acceptors (Lipinski definition) is 7. The number of nitrogens with two attached hydrogens (primary N) is 1. The van der Waals surface area contributed by atoms with E-state index in [2.05, 4.69) is 28.6 Å². The van der Waals surface area contributed by atoms with E-state index >= 15 is 0 Å². The number of thiol groups is 1. The summed E-state index contributed by atoms with van der Waals surface area (Å²) in [5.74, 6) is -3.38. The number of aromatic hydroxyl groups is 1. The van der Waals surface area contributed by atoms with Gasteiger partial charge in [0.05, 0.1) is 6.04 Å². The molecule has 11 heteroatoms. The fourth-order valence-corrected chi connectivity index (χ4v) is 3.69. The smallest absolute Gasteiger partial charge is 0.326 e. The minimum atomic E-state index is -1.22. The lowest BCUT2D eigenvalue weighted by Gasteiger charge is -2.25. The summed E-state index contributed by atoms with van der Waals surface area (Å²) in [7, 11) is 0. The number of carbonyl (C=O) groups excluding carboxylic acids is 3. The Labute approximate surface area is 221 Å². The molecule has 0 fully saturated rings. The molecule has 0 aliphatic heterocycles. The number of carboxylic acids is 1. The molecule has 4 unspecified atom stereocenters. The number of phenolic OH excluding ortho intramolecular Hbond substituents is 1. The summed E-state index contributed by atoms with van der Waals surface area (Å²) in [6.07, 6.45) is 0.122. The molecule has 4 atom stereocenters. The molecule has 0 spiro atoms. The first-order chi connectivity index (χ1) is 17.5. The summed E-state index contributed by atoms with van der Waals surface area (Å²) in [6.45, 7) is 3.55. The maximum Gasteiger partial charge on any atom is 0.326 e. The highest BCUT2D eigenvalue weighted by Crippen LogP contribution is 2.12. The molecule has 0 bridgehead atoms. The van der Waals surface area contributed by atoms with Crippen molar-refractivity contribution in [1.82, 2.24) is 16.0 Å². The van der Waals surface area contributed by atoms with E-state index in [1.807, 2.05) is 0 Å². The second kappa shape index (κ2) is 14.2. The molecule has 0 radical (unpaired) electrons. The number of benzene rings is 2. The van der Waals surface area contributed by atoms with E-state index in [1.54, 1.807) is 56.3 Å². The SMILES string of the molecule is CC(C)C(N)C(=O)NC(Cc1ccc(O)cc1)C(=O)NC(CS)C(=O)NC(Cc1ccccc1)C(=O)O. The molecule has 0 saturated carbocycles. The van der Waals surface area contributed by atoms with E-state index in [1.165, 1.54) is 12.1 Å². The highest BCUT2D eigenvalue weighted by molar-refractivity contribution is 7.80. The van der Waals surface area contributed by atoms with Crippen molar-refractivity contribution >= 4 is 36.3 Å². The second-order valence-corrected chi connectivity index (χ2v) is 9.40. The number of carboxylic acid groups (broad SMARTS) is 1. The van der Waals surface area contributed by atoms with Crippen LogP contribution in [0.2, 0.25) is 0 Å². The highest BCUT2D eigenvalue weighted by Gasteiger charge is 2.30. The Morgan fingerprint density at radius 3 is 1.81 bits per heavy atom. The van der Waals surface area contributed by atoms with Crippen LogP contribution >= 0.6 is 12.6 Å². The topological polar surface area (TPSA) is 171 Å². The number of rotatable bonds is 13. The third kappa shape index (κ3) is 9.43. The molecule has 2 aromatic carbocycles. The lowest BCUT2D eigenvalue weighted by atomic mass is 10.0. The molecule has 200 valence electrons. The van der Waals surface area contributed by atoms with Crippen LogP contribution in [0.4, 0.5) is 0 Å². The molecular weight excluding hydrogens is 496 g/mol. The maximum atomic E-state index is 13.2. The van der Waals surface area contributed by atoms with Crippen LogP contribution in [0.25, 0.3) is 0 Å². The average molecular weight is 531 g/mol. The Bertz CT molecular complexity index is 1060. The molecule has 10 nitrogen and oxygen atoms in total. The summed E-state index contributed by atoms with van der Waals surface area (Å²) >= 11 is 4.15. The van der Waals surface area contributed by atoms with E-state index in [0.29, 0.717) is 5.56 Å². The number of phenols is 1. The number of aliphatic carboxylic acids is 1. The van der Waals surface area contributed by atoms with Gasteiger partial charge in [0, 0.05) is 18.6 Å².